The van der Waals surface area contributed by atoms with Gasteiger partial charge >= 0.3 is 0 Å². The predicted molar refractivity (Wildman–Crippen MR) is 83.6 cm³/mol. The average molecular weight is 285 g/mol. The normalized spacial score (nSPS) is 21.2. The Bertz CT molecular complexity index is 603. The molecule has 1 fully saturated rings. The molecule has 0 aliphatic heterocycles. The van der Waals surface area contributed by atoms with E-state index in [4.69, 9.17) is 0 Å². The van der Waals surface area contributed by atoms with Crippen LogP contribution in [-0.2, 0) is 0 Å². The lowest BCUT2D eigenvalue weighted by Crippen LogP contribution is -2.32. The van der Waals surface area contributed by atoms with Crippen molar-refractivity contribution in [1.29, 1.82) is 0 Å². The fraction of sp³-hybridized carbons (Fsp3) is 0.562. The molecule has 1 saturated carbocycles. The Morgan fingerprint density at radius 1 is 1.33 bits per heavy atom. The molecule has 0 bridgehead atoms. The Balaban J connectivity index is 1.80. The highest BCUT2D eigenvalue weighted by atomic mass is 15.5. The van der Waals surface area contributed by atoms with Gasteiger partial charge in [0.15, 0.2) is 0 Å². The Morgan fingerprint density at radius 3 is 2.90 bits per heavy atom. The topological polar surface area (TPSA) is 55.6 Å². The summed E-state index contributed by atoms with van der Waals surface area (Å²) in [7, 11) is 0. The lowest BCUT2D eigenvalue weighted by atomic mass is 9.75. The second kappa shape index (κ2) is 5.47. The zero-order valence-corrected chi connectivity index (χ0v) is 13.0. The zero-order valence-electron chi connectivity index (χ0n) is 13.0. The van der Waals surface area contributed by atoms with Gasteiger partial charge in [0.1, 0.15) is 6.33 Å². The van der Waals surface area contributed by atoms with E-state index in [1.807, 2.05) is 6.07 Å². The third-order valence-corrected chi connectivity index (χ3v) is 4.40. The molecule has 1 unspecified atom stereocenters. The van der Waals surface area contributed by atoms with Crippen molar-refractivity contribution >= 4 is 5.69 Å². The van der Waals surface area contributed by atoms with Crippen LogP contribution in [0.4, 0.5) is 5.69 Å². The molecule has 0 spiro atoms. The monoisotopic (exact) mass is 285 g/mol. The molecule has 1 N–H and O–H groups in total. The third kappa shape index (κ3) is 3.23. The van der Waals surface area contributed by atoms with Crippen LogP contribution in [0.2, 0.25) is 0 Å². The van der Waals surface area contributed by atoms with Crippen molar-refractivity contribution in [3.63, 3.8) is 0 Å². The first-order chi connectivity index (χ1) is 10.0. The SMILES string of the molecule is Cc1ccc(-n2cnnn2)cc1NC1CCCC(C)(C)C1. The molecule has 5 nitrogen and oxygen atoms in total. The van der Waals surface area contributed by atoms with Gasteiger partial charge in [0.25, 0.3) is 0 Å². The Morgan fingerprint density at radius 2 is 2.19 bits per heavy atom. The molecule has 1 atom stereocenters. The number of aryl methyl sites for hydroxylation is 1. The molecule has 1 aromatic carbocycles. The van der Waals surface area contributed by atoms with E-state index in [0.29, 0.717) is 11.5 Å². The number of hydrogen-bond acceptors (Lipinski definition) is 4. The first-order valence-corrected chi connectivity index (χ1v) is 7.64. The summed E-state index contributed by atoms with van der Waals surface area (Å²) in [6, 6.07) is 6.85. The molecule has 3 rings (SSSR count). The third-order valence-electron chi connectivity index (χ3n) is 4.40. The van der Waals surface area contributed by atoms with Crippen LogP contribution >= 0.6 is 0 Å². The maximum Gasteiger partial charge on any atom is 0.143 e. The minimum atomic E-state index is 0.442. The van der Waals surface area contributed by atoms with E-state index >= 15 is 0 Å². The van der Waals surface area contributed by atoms with Crippen molar-refractivity contribution in [3.8, 4) is 5.69 Å². The number of hydrogen-bond donors (Lipinski definition) is 1. The number of rotatable bonds is 3. The van der Waals surface area contributed by atoms with E-state index in [2.05, 4.69) is 53.7 Å². The quantitative estimate of drug-likeness (QED) is 0.939. The van der Waals surface area contributed by atoms with Crippen LogP contribution in [0.3, 0.4) is 0 Å². The Hall–Kier alpha value is -1.91. The average Bonchev–Trinajstić information content (AvgIpc) is 2.94. The van der Waals surface area contributed by atoms with E-state index in [-0.39, 0.29) is 0 Å². The smallest absolute Gasteiger partial charge is 0.143 e. The second-order valence-corrected chi connectivity index (χ2v) is 6.86. The van der Waals surface area contributed by atoms with E-state index < -0.39 is 0 Å². The molecule has 1 aromatic heterocycles. The second-order valence-electron chi connectivity index (χ2n) is 6.86. The van der Waals surface area contributed by atoms with Crippen LogP contribution in [0.25, 0.3) is 5.69 Å². The van der Waals surface area contributed by atoms with Gasteiger partial charge in [-0.15, -0.1) is 5.10 Å². The Kier molecular flexibility index (Phi) is 3.66. The van der Waals surface area contributed by atoms with Crippen molar-refractivity contribution in [1.82, 2.24) is 20.2 Å². The zero-order chi connectivity index (χ0) is 14.9. The van der Waals surface area contributed by atoms with Crippen LogP contribution < -0.4 is 5.32 Å². The molecule has 1 aliphatic carbocycles. The molecule has 0 saturated heterocycles. The lowest BCUT2D eigenvalue weighted by molar-refractivity contribution is 0.229. The minimum absolute atomic E-state index is 0.442. The van der Waals surface area contributed by atoms with Crippen molar-refractivity contribution < 1.29 is 0 Å². The first kappa shape index (κ1) is 14.0. The summed E-state index contributed by atoms with van der Waals surface area (Å²) in [5.74, 6) is 0. The molecule has 5 heteroatoms. The summed E-state index contributed by atoms with van der Waals surface area (Å²) in [5.41, 5.74) is 3.88. The van der Waals surface area contributed by atoms with E-state index in [1.165, 1.54) is 36.9 Å². The highest BCUT2D eigenvalue weighted by Gasteiger charge is 2.28. The number of aromatic nitrogens is 4. The maximum atomic E-state index is 3.95. The van der Waals surface area contributed by atoms with E-state index in [9.17, 15) is 0 Å². The van der Waals surface area contributed by atoms with Crippen molar-refractivity contribution in [2.45, 2.75) is 52.5 Å². The standard InChI is InChI=1S/C16H23N5/c1-12-6-7-14(21-11-17-19-20-21)9-15(12)18-13-5-4-8-16(2,3)10-13/h6-7,9,11,13,18H,4-5,8,10H2,1-3H3. The van der Waals surface area contributed by atoms with Gasteiger partial charge in [0.2, 0.25) is 0 Å². The van der Waals surface area contributed by atoms with E-state index in [1.54, 1.807) is 11.0 Å². The van der Waals surface area contributed by atoms with Crippen LogP contribution in [0.5, 0.6) is 0 Å². The van der Waals surface area contributed by atoms with Gasteiger partial charge in [0.05, 0.1) is 5.69 Å². The lowest BCUT2D eigenvalue weighted by Gasteiger charge is -2.36. The summed E-state index contributed by atoms with van der Waals surface area (Å²) in [5, 5.41) is 15.1. The molecule has 112 valence electrons. The summed E-state index contributed by atoms with van der Waals surface area (Å²) in [6.07, 6.45) is 6.73. The van der Waals surface area contributed by atoms with Gasteiger partial charge < -0.3 is 5.32 Å². The van der Waals surface area contributed by atoms with Crippen molar-refractivity contribution in [2.75, 3.05) is 5.32 Å². The summed E-state index contributed by atoms with van der Waals surface area (Å²) < 4.78 is 1.69. The van der Waals surface area contributed by atoms with Gasteiger partial charge in [-0.05, 0) is 59.7 Å². The molecule has 0 radical (unpaired) electrons. The van der Waals surface area contributed by atoms with Gasteiger partial charge in [-0.1, -0.05) is 26.3 Å². The molecule has 2 aromatic rings. The van der Waals surface area contributed by atoms with Crippen LogP contribution in [0.1, 0.15) is 45.1 Å². The number of benzene rings is 1. The highest BCUT2D eigenvalue weighted by molar-refractivity contribution is 5.57. The molecule has 1 aliphatic rings. The van der Waals surface area contributed by atoms with Crippen LogP contribution in [0, 0.1) is 12.3 Å². The highest BCUT2D eigenvalue weighted by Crippen LogP contribution is 2.36. The van der Waals surface area contributed by atoms with Gasteiger partial charge in [-0.2, -0.15) is 0 Å². The molecular weight excluding hydrogens is 262 g/mol. The van der Waals surface area contributed by atoms with Crippen molar-refractivity contribution in [2.24, 2.45) is 5.41 Å². The fourth-order valence-corrected chi connectivity index (χ4v) is 3.23. The molecular formula is C16H23N5. The first-order valence-electron chi connectivity index (χ1n) is 7.64. The largest absolute Gasteiger partial charge is 0.382 e. The van der Waals surface area contributed by atoms with Gasteiger partial charge in [-0.3, -0.25) is 0 Å². The number of nitrogens with zero attached hydrogens (tertiary/aromatic N) is 4. The van der Waals surface area contributed by atoms with Crippen molar-refractivity contribution in [3.05, 3.63) is 30.1 Å². The van der Waals surface area contributed by atoms with Crippen LogP contribution in [-0.4, -0.2) is 26.2 Å². The summed E-state index contributed by atoms with van der Waals surface area (Å²) in [4.78, 5) is 0. The minimum Gasteiger partial charge on any atom is -0.382 e. The van der Waals surface area contributed by atoms with Gasteiger partial charge in [-0.25, -0.2) is 4.68 Å². The summed E-state index contributed by atoms with van der Waals surface area (Å²) >= 11 is 0. The Labute approximate surface area is 125 Å². The molecule has 0 amide bonds. The number of tetrazole rings is 1. The predicted octanol–water partition coefficient (Wildman–Crippen LogP) is 3.35. The fourth-order valence-electron chi connectivity index (χ4n) is 3.23. The molecule has 1 heterocycles. The molecule has 21 heavy (non-hydrogen) atoms. The van der Waals surface area contributed by atoms with Crippen LogP contribution in [0.15, 0.2) is 24.5 Å². The summed E-state index contributed by atoms with van der Waals surface area (Å²) in [6.45, 7) is 6.87. The van der Waals surface area contributed by atoms with E-state index in [0.717, 1.165) is 5.69 Å². The number of nitrogens with one attached hydrogen (secondary N) is 1. The maximum absolute atomic E-state index is 3.95. The number of anilines is 1. The van der Waals surface area contributed by atoms with Gasteiger partial charge in [0, 0.05) is 11.7 Å².